The van der Waals surface area contributed by atoms with E-state index >= 15 is 0 Å². The number of carbonyl (C=O) groups is 2. The standard InChI is InChI=1S/C19H28N2O3/c1-14-10-15(2)12-16(11-14)20-18(22)13-19(23)21(3)8-4-6-17-7-5-9-24-17/h10-12,17H,4-9,13H2,1-3H3,(H,20,22). The fourth-order valence-electron chi connectivity index (χ4n) is 3.08. The van der Waals surface area contributed by atoms with E-state index in [0.717, 1.165) is 49.1 Å². The molecule has 1 saturated heterocycles. The molecule has 0 aliphatic carbocycles. The molecule has 5 heteroatoms. The highest BCUT2D eigenvalue weighted by molar-refractivity contribution is 6.03. The highest BCUT2D eigenvalue weighted by Crippen LogP contribution is 2.17. The summed E-state index contributed by atoms with van der Waals surface area (Å²) in [5, 5.41) is 2.80. The van der Waals surface area contributed by atoms with Gasteiger partial charge in [0.2, 0.25) is 11.8 Å². The van der Waals surface area contributed by atoms with E-state index < -0.39 is 0 Å². The molecule has 1 fully saturated rings. The molecule has 0 spiro atoms. The molecule has 1 aliphatic heterocycles. The zero-order valence-corrected chi connectivity index (χ0v) is 14.9. The summed E-state index contributed by atoms with van der Waals surface area (Å²) in [6.07, 6.45) is 4.37. The van der Waals surface area contributed by atoms with Gasteiger partial charge in [-0.15, -0.1) is 0 Å². The second-order valence-electron chi connectivity index (χ2n) is 6.69. The van der Waals surface area contributed by atoms with Crippen molar-refractivity contribution < 1.29 is 14.3 Å². The van der Waals surface area contributed by atoms with Gasteiger partial charge in [0.15, 0.2) is 0 Å². The maximum absolute atomic E-state index is 12.1. The van der Waals surface area contributed by atoms with Gasteiger partial charge in [-0.05, 0) is 62.8 Å². The largest absolute Gasteiger partial charge is 0.378 e. The van der Waals surface area contributed by atoms with Crippen LogP contribution in [0.5, 0.6) is 0 Å². The van der Waals surface area contributed by atoms with Gasteiger partial charge in [-0.2, -0.15) is 0 Å². The quantitative estimate of drug-likeness (QED) is 0.781. The van der Waals surface area contributed by atoms with Gasteiger partial charge in [-0.1, -0.05) is 6.07 Å². The van der Waals surface area contributed by atoms with Gasteiger partial charge >= 0.3 is 0 Å². The molecule has 0 aromatic heterocycles. The first-order valence-corrected chi connectivity index (χ1v) is 8.68. The Morgan fingerprint density at radius 3 is 2.58 bits per heavy atom. The number of aryl methyl sites for hydroxylation is 2. The SMILES string of the molecule is Cc1cc(C)cc(NC(=O)CC(=O)N(C)CCCC2CCCO2)c1. The van der Waals surface area contributed by atoms with E-state index in [1.165, 1.54) is 0 Å². The zero-order valence-electron chi connectivity index (χ0n) is 14.9. The van der Waals surface area contributed by atoms with Gasteiger partial charge in [0, 0.05) is 25.9 Å². The fraction of sp³-hybridized carbons (Fsp3) is 0.579. The number of amides is 2. The van der Waals surface area contributed by atoms with Crippen LogP contribution in [-0.2, 0) is 14.3 Å². The molecular formula is C19H28N2O3. The normalized spacial score (nSPS) is 16.9. The Morgan fingerprint density at radius 2 is 1.96 bits per heavy atom. The van der Waals surface area contributed by atoms with Crippen molar-refractivity contribution in [1.29, 1.82) is 0 Å². The van der Waals surface area contributed by atoms with Crippen molar-refractivity contribution in [2.45, 2.75) is 52.1 Å². The summed E-state index contributed by atoms with van der Waals surface area (Å²) in [6, 6.07) is 5.85. The van der Waals surface area contributed by atoms with Crippen molar-refractivity contribution in [2.75, 3.05) is 25.5 Å². The zero-order chi connectivity index (χ0) is 17.5. The molecule has 1 aromatic carbocycles. The van der Waals surface area contributed by atoms with E-state index in [0.29, 0.717) is 12.6 Å². The fourth-order valence-corrected chi connectivity index (χ4v) is 3.08. The minimum atomic E-state index is -0.268. The maximum atomic E-state index is 12.1. The van der Waals surface area contributed by atoms with E-state index in [1.807, 2.05) is 32.0 Å². The average Bonchev–Trinajstić information content (AvgIpc) is 2.99. The maximum Gasteiger partial charge on any atom is 0.233 e. The van der Waals surface area contributed by atoms with E-state index in [-0.39, 0.29) is 18.2 Å². The minimum Gasteiger partial charge on any atom is -0.378 e. The third-order valence-corrected chi connectivity index (χ3v) is 4.29. The molecule has 24 heavy (non-hydrogen) atoms. The molecule has 0 saturated carbocycles. The van der Waals surface area contributed by atoms with Gasteiger partial charge < -0.3 is 15.0 Å². The van der Waals surface area contributed by atoms with Crippen LogP contribution in [0, 0.1) is 13.8 Å². The van der Waals surface area contributed by atoms with Crippen molar-refractivity contribution in [3.05, 3.63) is 29.3 Å². The highest BCUT2D eigenvalue weighted by Gasteiger charge is 2.17. The van der Waals surface area contributed by atoms with Gasteiger partial charge in [0.1, 0.15) is 6.42 Å². The number of ether oxygens (including phenoxy) is 1. The summed E-state index contributed by atoms with van der Waals surface area (Å²) in [5.41, 5.74) is 2.91. The van der Waals surface area contributed by atoms with Crippen molar-refractivity contribution in [3.63, 3.8) is 0 Å². The Bertz CT molecular complexity index is 560. The lowest BCUT2D eigenvalue weighted by molar-refractivity contribution is -0.133. The summed E-state index contributed by atoms with van der Waals surface area (Å²) in [6.45, 7) is 5.48. The van der Waals surface area contributed by atoms with Crippen molar-refractivity contribution in [1.82, 2.24) is 4.90 Å². The van der Waals surface area contributed by atoms with Crippen LogP contribution in [0.4, 0.5) is 5.69 Å². The number of hydrogen-bond donors (Lipinski definition) is 1. The Morgan fingerprint density at radius 1 is 1.25 bits per heavy atom. The number of nitrogens with one attached hydrogen (secondary N) is 1. The van der Waals surface area contributed by atoms with E-state index in [2.05, 4.69) is 5.32 Å². The smallest absolute Gasteiger partial charge is 0.233 e. The summed E-state index contributed by atoms with van der Waals surface area (Å²) in [5.74, 6) is -0.416. The van der Waals surface area contributed by atoms with Gasteiger partial charge in [-0.25, -0.2) is 0 Å². The van der Waals surface area contributed by atoms with Crippen molar-refractivity contribution in [2.24, 2.45) is 0 Å². The molecule has 1 aliphatic rings. The minimum absolute atomic E-state index is 0.122. The van der Waals surface area contributed by atoms with Crippen LogP contribution in [0.1, 0.15) is 43.2 Å². The molecule has 0 radical (unpaired) electrons. The lowest BCUT2D eigenvalue weighted by atomic mass is 10.1. The Kier molecular flexibility index (Phi) is 6.79. The lowest BCUT2D eigenvalue weighted by Crippen LogP contribution is -2.31. The average molecular weight is 332 g/mol. The van der Waals surface area contributed by atoms with Crippen LogP contribution >= 0.6 is 0 Å². The van der Waals surface area contributed by atoms with Crippen LogP contribution in [0.15, 0.2) is 18.2 Å². The van der Waals surface area contributed by atoms with Gasteiger partial charge in [0.25, 0.3) is 0 Å². The molecule has 0 bridgehead atoms. The summed E-state index contributed by atoms with van der Waals surface area (Å²) >= 11 is 0. The first kappa shape index (κ1) is 18.5. The molecule has 1 unspecified atom stereocenters. The molecule has 5 nitrogen and oxygen atoms in total. The van der Waals surface area contributed by atoms with Crippen LogP contribution < -0.4 is 5.32 Å². The molecule has 1 aromatic rings. The van der Waals surface area contributed by atoms with Crippen LogP contribution in [0.3, 0.4) is 0 Å². The first-order valence-electron chi connectivity index (χ1n) is 8.68. The molecule has 2 amide bonds. The molecule has 1 atom stereocenters. The number of nitrogens with zero attached hydrogens (tertiary/aromatic N) is 1. The molecule has 132 valence electrons. The number of benzene rings is 1. The second kappa shape index (κ2) is 8.83. The van der Waals surface area contributed by atoms with E-state index in [1.54, 1.807) is 11.9 Å². The first-order chi connectivity index (χ1) is 11.4. The Hall–Kier alpha value is -1.88. The van der Waals surface area contributed by atoms with E-state index in [4.69, 9.17) is 4.74 Å². The predicted octanol–water partition coefficient (Wildman–Crippen LogP) is 3.05. The third-order valence-electron chi connectivity index (χ3n) is 4.29. The van der Waals surface area contributed by atoms with Crippen LogP contribution in [0.2, 0.25) is 0 Å². The number of anilines is 1. The molecule has 1 N–H and O–H groups in total. The predicted molar refractivity (Wildman–Crippen MR) is 95.0 cm³/mol. The third kappa shape index (κ3) is 5.96. The Labute approximate surface area is 144 Å². The monoisotopic (exact) mass is 332 g/mol. The molecule has 1 heterocycles. The Balaban J connectivity index is 1.72. The lowest BCUT2D eigenvalue weighted by Gasteiger charge is -2.18. The van der Waals surface area contributed by atoms with Crippen molar-refractivity contribution in [3.8, 4) is 0 Å². The summed E-state index contributed by atoms with van der Waals surface area (Å²) < 4.78 is 5.58. The second-order valence-corrected chi connectivity index (χ2v) is 6.69. The summed E-state index contributed by atoms with van der Waals surface area (Å²) in [4.78, 5) is 25.8. The van der Waals surface area contributed by atoms with Gasteiger partial charge in [0.05, 0.1) is 6.10 Å². The number of hydrogen-bond acceptors (Lipinski definition) is 3. The van der Waals surface area contributed by atoms with Crippen molar-refractivity contribution >= 4 is 17.5 Å². The van der Waals surface area contributed by atoms with Crippen LogP contribution in [0.25, 0.3) is 0 Å². The number of carbonyl (C=O) groups excluding carboxylic acids is 2. The number of rotatable bonds is 7. The molecule has 2 rings (SSSR count). The van der Waals surface area contributed by atoms with Gasteiger partial charge in [-0.3, -0.25) is 9.59 Å². The molecular weight excluding hydrogens is 304 g/mol. The highest BCUT2D eigenvalue weighted by atomic mass is 16.5. The van der Waals surface area contributed by atoms with Crippen LogP contribution in [-0.4, -0.2) is 43.0 Å². The van der Waals surface area contributed by atoms with E-state index in [9.17, 15) is 9.59 Å². The summed E-state index contributed by atoms with van der Waals surface area (Å²) in [7, 11) is 1.75. The topological polar surface area (TPSA) is 58.6 Å².